The number of aromatic nitrogens is 3. The number of pyridine rings is 1. The Morgan fingerprint density at radius 2 is 1.93 bits per heavy atom. The minimum Gasteiger partial charge on any atom is -0.486 e. The second-order valence-corrected chi connectivity index (χ2v) is 9.42. The molecule has 0 fully saturated rings. The second kappa shape index (κ2) is 14.0. The number of nitrogens with zero attached hydrogens (tertiary/aromatic N) is 2. The van der Waals surface area contributed by atoms with Crippen LogP contribution >= 0.6 is 0 Å². The van der Waals surface area contributed by atoms with Crippen LogP contribution in [0.3, 0.4) is 0 Å². The number of fused-ring (bicyclic) bond motifs is 1. The van der Waals surface area contributed by atoms with E-state index >= 15 is 0 Å². The summed E-state index contributed by atoms with van der Waals surface area (Å²) in [6, 6.07) is 6.99. The maximum Gasteiger partial charge on any atom is 0.407 e. The molecule has 0 saturated carbocycles. The molecule has 2 aromatic carbocycles. The topological polar surface area (TPSA) is 170 Å². The van der Waals surface area contributed by atoms with Gasteiger partial charge in [0, 0.05) is 30.0 Å². The summed E-state index contributed by atoms with van der Waals surface area (Å²) in [5, 5.41) is 4.86. The van der Waals surface area contributed by atoms with Gasteiger partial charge in [-0.25, -0.2) is 22.9 Å². The Kier molecular flexibility index (Phi) is 10.0. The number of halogens is 3. The van der Waals surface area contributed by atoms with Crippen LogP contribution in [0.4, 0.5) is 23.7 Å². The van der Waals surface area contributed by atoms with Crippen molar-refractivity contribution in [3.63, 3.8) is 0 Å². The fraction of sp³-hybridized carbons (Fsp3) is 0.207. The van der Waals surface area contributed by atoms with Crippen LogP contribution in [0.15, 0.2) is 65.6 Å². The van der Waals surface area contributed by atoms with Gasteiger partial charge in [0.05, 0.1) is 19.2 Å². The Hall–Kier alpha value is -5.60. The fourth-order valence-electron chi connectivity index (χ4n) is 4.15. The van der Waals surface area contributed by atoms with Gasteiger partial charge in [-0.15, -0.1) is 0 Å². The van der Waals surface area contributed by atoms with Crippen LogP contribution in [0.5, 0.6) is 5.75 Å². The smallest absolute Gasteiger partial charge is 0.407 e. The summed E-state index contributed by atoms with van der Waals surface area (Å²) in [5.74, 6) is -3.37. The van der Waals surface area contributed by atoms with Gasteiger partial charge in [0.25, 0.3) is 5.56 Å². The normalized spacial score (nSPS) is 11.8. The summed E-state index contributed by atoms with van der Waals surface area (Å²) in [6.07, 6.45) is 3.41. The Labute approximate surface area is 247 Å². The van der Waals surface area contributed by atoms with E-state index in [1.54, 1.807) is 0 Å². The number of aromatic amines is 1. The molecule has 3 amide bonds. The first kappa shape index (κ1) is 31.3. The number of carbonyl (C=O) groups excluding carboxylic acids is 3. The summed E-state index contributed by atoms with van der Waals surface area (Å²) < 4.78 is 53.0. The first-order chi connectivity index (χ1) is 21.0. The monoisotopic (exact) mass is 612 g/mol. The van der Waals surface area contributed by atoms with Crippen LogP contribution in [-0.2, 0) is 27.5 Å². The Morgan fingerprint density at radius 3 is 2.66 bits per heavy atom. The summed E-state index contributed by atoms with van der Waals surface area (Å²) >= 11 is 0. The van der Waals surface area contributed by atoms with Gasteiger partial charge >= 0.3 is 6.09 Å². The molecule has 0 aliphatic rings. The Morgan fingerprint density at radius 1 is 1.14 bits per heavy atom. The van der Waals surface area contributed by atoms with Crippen LogP contribution in [0.1, 0.15) is 24.2 Å². The fourth-order valence-corrected chi connectivity index (χ4v) is 4.15. The molecule has 0 bridgehead atoms. The van der Waals surface area contributed by atoms with Gasteiger partial charge in [-0.1, -0.05) is 6.08 Å². The van der Waals surface area contributed by atoms with E-state index in [4.69, 9.17) is 10.5 Å². The quantitative estimate of drug-likeness (QED) is 0.178. The Balaban J connectivity index is 1.51. The standard InChI is InChI=1S/C29H27F3N6O6/c1-43-29(42)36-20(5-2-3-7-24(33)39)27(40)35-21-6-4-10-38(28(21)41)14-25-34-22-12-18(31)13-23(26(22)37-25)44-15-16-8-9-17(30)11-19(16)32/h3-4,6-13,20H,2,5,14-15H2,1H3,(H2,33,39)(H,34,37)(H,35,40)(H,36,42)/b7-3+/t20-/m0/s1. The van der Waals surface area contributed by atoms with Crippen molar-refractivity contribution < 1.29 is 37.0 Å². The average molecular weight is 613 g/mol. The number of benzene rings is 2. The van der Waals surface area contributed by atoms with E-state index in [9.17, 15) is 32.3 Å². The van der Waals surface area contributed by atoms with E-state index in [1.165, 1.54) is 35.0 Å². The highest BCUT2D eigenvalue weighted by atomic mass is 19.1. The van der Waals surface area contributed by atoms with Crippen LogP contribution in [0, 0.1) is 17.5 Å². The molecule has 12 nitrogen and oxygen atoms in total. The van der Waals surface area contributed by atoms with Crippen molar-refractivity contribution in [3.8, 4) is 5.75 Å². The van der Waals surface area contributed by atoms with Gasteiger partial charge < -0.3 is 35.4 Å². The lowest BCUT2D eigenvalue weighted by atomic mass is 10.1. The number of methoxy groups -OCH3 is 1. The number of amides is 3. The van der Waals surface area contributed by atoms with Gasteiger partial charge in [-0.3, -0.25) is 14.4 Å². The maximum atomic E-state index is 14.3. The van der Waals surface area contributed by atoms with Crippen LogP contribution < -0.4 is 26.7 Å². The van der Waals surface area contributed by atoms with Crippen molar-refractivity contribution in [1.82, 2.24) is 19.9 Å². The van der Waals surface area contributed by atoms with Crippen molar-refractivity contribution in [1.29, 1.82) is 0 Å². The van der Waals surface area contributed by atoms with E-state index in [0.29, 0.717) is 6.07 Å². The predicted octanol–water partition coefficient (Wildman–Crippen LogP) is 3.25. The number of ether oxygens (including phenoxy) is 2. The number of imidazole rings is 1. The number of primary amides is 1. The molecule has 4 rings (SSSR count). The molecule has 1 atom stereocenters. The average Bonchev–Trinajstić information content (AvgIpc) is 3.38. The molecule has 4 aromatic rings. The number of rotatable bonds is 12. The minimum absolute atomic E-state index is 0.0191. The van der Waals surface area contributed by atoms with Crippen molar-refractivity contribution in [2.24, 2.45) is 5.73 Å². The van der Waals surface area contributed by atoms with E-state index in [0.717, 1.165) is 31.4 Å². The molecule has 0 radical (unpaired) electrons. The first-order valence-corrected chi connectivity index (χ1v) is 13.1. The number of H-pyrrole nitrogens is 1. The third-order valence-electron chi connectivity index (χ3n) is 6.27. The number of nitrogens with two attached hydrogens (primary N) is 1. The molecule has 0 unspecified atom stereocenters. The van der Waals surface area contributed by atoms with Gasteiger partial charge in [0.2, 0.25) is 11.8 Å². The number of hydrogen-bond donors (Lipinski definition) is 4. The first-order valence-electron chi connectivity index (χ1n) is 13.1. The number of hydrogen-bond acceptors (Lipinski definition) is 7. The summed E-state index contributed by atoms with van der Waals surface area (Å²) in [6.45, 7) is -0.430. The van der Waals surface area contributed by atoms with Crippen LogP contribution in [0.25, 0.3) is 11.0 Å². The van der Waals surface area contributed by atoms with E-state index < -0.39 is 47.0 Å². The Bertz CT molecular complexity index is 1790. The minimum atomic E-state index is -1.11. The van der Waals surface area contributed by atoms with Crippen molar-refractivity contribution in [3.05, 3.63) is 100 Å². The van der Waals surface area contributed by atoms with Gasteiger partial charge in [-0.05, 0) is 43.2 Å². The highest BCUT2D eigenvalue weighted by molar-refractivity contribution is 5.96. The lowest BCUT2D eigenvalue weighted by Crippen LogP contribution is -2.44. The summed E-state index contributed by atoms with van der Waals surface area (Å²) in [7, 11) is 1.13. The molecule has 0 aliphatic carbocycles. The number of nitrogens with one attached hydrogen (secondary N) is 3. The van der Waals surface area contributed by atoms with Gasteiger partial charge in [0.15, 0.2) is 0 Å². The molecular weight excluding hydrogens is 585 g/mol. The molecule has 44 heavy (non-hydrogen) atoms. The van der Waals surface area contributed by atoms with E-state index in [2.05, 4.69) is 25.3 Å². The zero-order valence-electron chi connectivity index (χ0n) is 23.2. The molecule has 0 aliphatic heterocycles. The molecule has 2 aromatic heterocycles. The maximum absolute atomic E-state index is 14.3. The highest BCUT2D eigenvalue weighted by Crippen LogP contribution is 2.27. The molecule has 2 heterocycles. The van der Waals surface area contributed by atoms with Crippen molar-refractivity contribution in [2.45, 2.75) is 32.0 Å². The third-order valence-corrected chi connectivity index (χ3v) is 6.27. The van der Waals surface area contributed by atoms with E-state index in [1.807, 2.05) is 0 Å². The van der Waals surface area contributed by atoms with Crippen molar-refractivity contribution >= 4 is 34.6 Å². The number of alkyl carbamates (subject to hydrolysis) is 1. The number of carbonyl (C=O) groups is 3. The lowest BCUT2D eigenvalue weighted by molar-refractivity contribution is -0.118. The number of anilines is 1. The molecule has 230 valence electrons. The van der Waals surface area contributed by atoms with Crippen LogP contribution in [-0.4, -0.2) is 45.6 Å². The highest BCUT2D eigenvalue weighted by Gasteiger charge is 2.22. The van der Waals surface area contributed by atoms with Crippen LogP contribution in [0.2, 0.25) is 0 Å². The van der Waals surface area contributed by atoms with Crippen molar-refractivity contribution in [2.75, 3.05) is 12.4 Å². The molecule has 15 heteroatoms. The zero-order valence-corrected chi connectivity index (χ0v) is 23.2. The largest absolute Gasteiger partial charge is 0.486 e. The molecular formula is C29H27F3N6O6. The second-order valence-electron chi connectivity index (χ2n) is 9.42. The molecule has 5 N–H and O–H groups in total. The summed E-state index contributed by atoms with van der Waals surface area (Å²) in [4.78, 5) is 56.1. The van der Waals surface area contributed by atoms with E-state index in [-0.39, 0.29) is 59.9 Å². The number of allylic oxidation sites excluding steroid dienone is 1. The zero-order chi connectivity index (χ0) is 31.8. The third kappa shape index (κ3) is 8.02. The SMILES string of the molecule is COC(=O)N[C@@H](CC/C=C/C(N)=O)C(=O)Nc1cccn(Cc2nc3cc(F)cc(OCc4ccc(F)cc4F)c3[nH]2)c1=O. The summed E-state index contributed by atoms with van der Waals surface area (Å²) in [5.41, 5.74) is 4.86. The predicted molar refractivity (Wildman–Crippen MR) is 152 cm³/mol. The molecule has 0 saturated heterocycles. The molecule has 0 spiro atoms. The van der Waals surface area contributed by atoms with Gasteiger partial charge in [-0.2, -0.15) is 0 Å². The van der Waals surface area contributed by atoms with Gasteiger partial charge in [0.1, 0.15) is 52.9 Å². The lowest BCUT2D eigenvalue weighted by Gasteiger charge is -2.17.